The van der Waals surface area contributed by atoms with Gasteiger partial charge in [-0.2, -0.15) is 0 Å². The first-order valence-electron chi connectivity index (χ1n) is 9.43. The number of methoxy groups -OCH3 is 1. The van der Waals surface area contributed by atoms with E-state index in [1.807, 2.05) is 41.3 Å². The lowest BCUT2D eigenvalue weighted by Crippen LogP contribution is -2.49. The fourth-order valence-corrected chi connectivity index (χ4v) is 4.26. The van der Waals surface area contributed by atoms with Gasteiger partial charge in [0.05, 0.1) is 18.6 Å². The van der Waals surface area contributed by atoms with Crippen LogP contribution < -0.4 is 19.1 Å². The molecule has 1 fully saturated rings. The second kappa shape index (κ2) is 8.65. The monoisotopic (exact) mass is 400 g/mol. The van der Waals surface area contributed by atoms with E-state index in [0.717, 1.165) is 54.0 Å². The molecular formula is C21H24N2O4S. The fourth-order valence-electron chi connectivity index (χ4n) is 3.44. The first kappa shape index (κ1) is 18.8. The number of rotatable bonds is 5. The number of hydrogen-bond donors (Lipinski definition) is 0. The van der Waals surface area contributed by atoms with Crippen molar-refractivity contribution in [2.45, 2.75) is 4.90 Å². The van der Waals surface area contributed by atoms with Crippen molar-refractivity contribution < 1.29 is 19.0 Å². The SMILES string of the molecule is COc1ccccc1N1CCN(C(=O)CSc2ccc3c(c2)OCCO3)CC1. The first-order chi connectivity index (χ1) is 13.7. The molecule has 0 radical (unpaired) electrons. The van der Waals surface area contributed by atoms with Crippen molar-refractivity contribution in [2.24, 2.45) is 0 Å². The molecule has 1 amide bonds. The Kier molecular flexibility index (Phi) is 5.81. The van der Waals surface area contributed by atoms with Gasteiger partial charge in [-0.1, -0.05) is 12.1 Å². The van der Waals surface area contributed by atoms with E-state index in [1.54, 1.807) is 7.11 Å². The quantitative estimate of drug-likeness (QED) is 0.720. The van der Waals surface area contributed by atoms with Crippen LogP contribution in [0.5, 0.6) is 17.2 Å². The summed E-state index contributed by atoms with van der Waals surface area (Å²) < 4.78 is 16.6. The number of anilines is 1. The Morgan fingerprint density at radius 1 is 1.04 bits per heavy atom. The predicted molar refractivity (Wildman–Crippen MR) is 110 cm³/mol. The number of fused-ring (bicyclic) bond motifs is 1. The summed E-state index contributed by atoms with van der Waals surface area (Å²) in [6, 6.07) is 13.9. The summed E-state index contributed by atoms with van der Waals surface area (Å²) >= 11 is 1.54. The molecule has 148 valence electrons. The largest absolute Gasteiger partial charge is 0.495 e. The number of carbonyl (C=O) groups excluding carboxylic acids is 1. The van der Waals surface area contributed by atoms with Crippen LogP contribution in [-0.2, 0) is 4.79 Å². The van der Waals surface area contributed by atoms with Gasteiger partial charge < -0.3 is 24.0 Å². The van der Waals surface area contributed by atoms with E-state index < -0.39 is 0 Å². The number of benzene rings is 2. The summed E-state index contributed by atoms with van der Waals surface area (Å²) in [5.74, 6) is 2.99. The molecule has 0 unspecified atom stereocenters. The predicted octanol–water partition coefficient (Wildman–Crippen LogP) is 2.91. The Hall–Kier alpha value is -2.54. The third-order valence-electron chi connectivity index (χ3n) is 4.93. The summed E-state index contributed by atoms with van der Waals surface area (Å²) in [6.45, 7) is 4.20. The smallest absolute Gasteiger partial charge is 0.233 e. The highest BCUT2D eigenvalue weighted by molar-refractivity contribution is 8.00. The number of carbonyl (C=O) groups is 1. The number of thioether (sulfide) groups is 1. The molecule has 0 bridgehead atoms. The summed E-state index contributed by atoms with van der Waals surface area (Å²) in [6.07, 6.45) is 0. The average Bonchev–Trinajstić information content (AvgIpc) is 2.77. The second-order valence-electron chi connectivity index (χ2n) is 6.63. The van der Waals surface area contributed by atoms with Gasteiger partial charge in [0.25, 0.3) is 0 Å². The van der Waals surface area contributed by atoms with Crippen molar-refractivity contribution in [1.29, 1.82) is 0 Å². The molecule has 1 saturated heterocycles. The van der Waals surface area contributed by atoms with Crippen molar-refractivity contribution in [3.63, 3.8) is 0 Å². The van der Waals surface area contributed by atoms with E-state index in [2.05, 4.69) is 11.0 Å². The van der Waals surface area contributed by atoms with Crippen LogP contribution in [0.3, 0.4) is 0 Å². The van der Waals surface area contributed by atoms with Crippen LogP contribution in [0.25, 0.3) is 0 Å². The number of piperazine rings is 1. The lowest BCUT2D eigenvalue weighted by atomic mass is 10.2. The number of para-hydroxylation sites is 2. The molecule has 7 heteroatoms. The van der Waals surface area contributed by atoms with Gasteiger partial charge in [-0.05, 0) is 30.3 Å². The standard InChI is InChI=1S/C21H24N2O4S/c1-25-18-5-3-2-4-17(18)22-8-10-23(11-9-22)21(24)15-28-16-6-7-19-20(14-16)27-13-12-26-19/h2-7,14H,8-13,15H2,1H3. The molecule has 2 aliphatic heterocycles. The van der Waals surface area contributed by atoms with Crippen LogP contribution in [0.4, 0.5) is 5.69 Å². The third-order valence-corrected chi connectivity index (χ3v) is 5.91. The van der Waals surface area contributed by atoms with Crippen molar-refractivity contribution in [3.8, 4) is 17.2 Å². The number of hydrogen-bond acceptors (Lipinski definition) is 6. The van der Waals surface area contributed by atoms with Gasteiger partial charge in [0, 0.05) is 31.1 Å². The van der Waals surface area contributed by atoms with Gasteiger partial charge in [-0.3, -0.25) is 4.79 Å². The molecule has 0 aliphatic carbocycles. The van der Waals surface area contributed by atoms with E-state index in [-0.39, 0.29) is 5.91 Å². The molecule has 2 aromatic rings. The highest BCUT2D eigenvalue weighted by atomic mass is 32.2. The van der Waals surface area contributed by atoms with E-state index in [4.69, 9.17) is 14.2 Å². The number of amides is 1. The summed E-state index contributed by atoms with van der Waals surface area (Å²) in [5.41, 5.74) is 1.09. The molecule has 28 heavy (non-hydrogen) atoms. The fraction of sp³-hybridized carbons (Fsp3) is 0.381. The van der Waals surface area contributed by atoms with Crippen molar-refractivity contribution in [2.75, 3.05) is 57.2 Å². The molecule has 0 spiro atoms. The van der Waals surface area contributed by atoms with Crippen molar-refractivity contribution in [3.05, 3.63) is 42.5 Å². The highest BCUT2D eigenvalue weighted by Crippen LogP contribution is 2.34. The van der Waals surface area contributed by atoms with Gasteiger partial charge in [0.15, 0.2) is 11.5 Å². The first-order valence-corrected chi connectivity index (χ1v) is 10.4. The van der Waals surface area contributed by atoms with Gasteiger partial charge in [-0.15, -0.1) is 11.8 Å². The van der Waals surface area contributed by atoms with Crippen molar-refractivity contribution >= 4 is 23.4 Å². The number of ether oxygens (including phenoxy) is 3. The molecule has 2 heterocycles. The van der Waals surface area contributed by atoms with E-state index in [9.17, 15) is 4.79 Å². The Morgan fingerprint density at radius 3 is 2.57 bits per heavy atom. The molecule has 2 aliphatic rings. The maximum absolute atomic E-state index is 12.6. The zero-order chi connectivity index (χ0) is 19.3. The zero-order valence-electron chi connectivity index (χ0n) is 15.9. The molecule has 0 saturated carbocycles. The molecule has 0 N–H and O–H groups in total. The minimum atomic E-state index is 0.166. The van der Waals surface area contributed by atoms with Crippen LogP contribution >= 0.6 is 11.8 Å². The van der Waals surface area contributed by atoms with Crippen molar-refractivity contribution in [1.82, 2.24) is 4.90 Å². The Labute approximate surface area is 169 Å². The Bertz CT molecular complexity index is 837. The van der Waals surface area contributed by atoms with Gasteiger partial charge >= 0.3 is 0 Å². The maximum atomic E-state index is 12.6. The van der Waals surface area contributed by atoms with Crippen LogP contribution in [0.1, 0.15) is 0 Å². The Balaban J connectivity index is 1.30. The average molecular weight is 401 g/mol. The highest BCUT2D eigenvalue weighted by Gasteiger charge is 2.23. The molecular weight excluding hydrogens is 376 g/mol. The van der Waals surface area contributed by atoms with Gasteiger partial charge in [0.1, 0.15) is 19.0 Å². The number of nitrogens with zero attached hydrogens (tertiary/aromatic N) is 2. The van der Waals surface area contributed by atoms with Crippen LogP contribution in [0.15, 0.2) is 47.4 Å². The van der Waals surface area contributed by atoms with E-state index in [1.165, 1.54) is 11.8 Å². The van der Waals surface area contributed by atoms with E-state index >= 15 is 0 Å². The van der Waals surface area contributed by atoms with Gasteiger partial charge in [-0.25, -0.2) is 0 Å². The molecule has 0 aromatic heterocycles. The van der Waals surface area contributed by atoms with E-state index in [0.29, 0.717) is 19.0 Å². The van der Waals surface area contributed by atoms with Crippen LogP contribution in [0.2, 0.25) is 0 Å². The maximum Gasteiger partial charge on any atom is 0.233 e. The second-order valence-corrected chi connectivity index (χ2v) is 7.68. The zero-order valence-corrected chi connectivity index (χ0v) is 16.7. The van der Waals surface area contributed by atoms with Crippen LogP contribution in [-0.4, -0.2) is 63.1 Å². The van der Waals surface area contributed by atoms with Crippen LogP contribution in [0, 0.1) is 0 Å². The minimum absolute atomic E-state index is 0.166. The molecule has 0 atom stereocenters. The lowest BCUT2D eigenvalue weighted by Gasteiger charge is -2.36. The normalized spacial score (nSPS) is 16.0. The molecule has 4 rings (SSSR count). The van der Waals surface area contributed by atoms with Gasteiger partial charge in [0.2, 0.25) is 5.91 Å². The molecule has 2 aromatic carbocycles. The minimum Gasteiger partial charge on any atom is -0.495 e. The summed E-state index contributed by atoms with van der Waals surface area (Å²) in [4.78, 5) is 17.9. The topological polar surface area (TPSA) is 51.2 Å². The summed E-state index contributed by atoms with van der Waals surface area (Å²) in [5, 5.41) is 0. The summed E-state index contributed by atoms with van der Waals surface area (Å²) in [7, 11) is 1.69. The lowest BCUT2D eigenvalue weighted by molar-refractivity contribution is -0.128. The molecule has 6 nitrogen and oxygen atoms in total. The Morgan fingerprint density at radius 2 is 1.79 bits per heavy atom. The third kappa shape index (κ3) is 4.14.